The van der Waals surface area contributed by atoms with Crippen LogP contribution in [0.4, 0.5) is 5.69 Å². The van der Waals surface area contributed by atoms with Crippen LogP contribution in [0.25, 0.3) is 22.3 Å². The molecular weight excluding hydrogens is 366 g/mol. The summed E-state index contributed by atoms with van der Waals surface area (Å²) in [5, 5.41) is 10.8. The van der Waals surface area contributed by atoms with Crippen LogP contribution in [0, 0.1) is 10.1 Å². The van der Waals surface area contributed by atoms with Crippen molar-refractivity contribution in [1.82, 2.24) is 8.96 Å². The number of benzene rings is 2. The zero-order valence-corrected chi connectivity index (χ0v) is 14.7. The van der Waals surface area contributed by atoms with Gasteiger partial charge < -0.3 is 0 Å². The lowest BCUT2D eigenvalue weighted by Crippen LogP contribution is -2.11. The highest BCUT2D eigenvalue weighted by molar-refractivity contribution is 7.90. The van der Waals surface area contributed by atoms with Crippen LogP contribution in [0.3, 0.4) is 0 Å². The second-order valence-electron chi connectivity index (χ2n) is 5.83. The maximum atomic E-state index is 12.8. The molecule has 0 aliphatic heterocycles. The number of hydrogen-bond acceptors (Lipinski definition) is 5. The molecule has 0 aliphatic carbocycles. The fourth-order valence-corrected chi connectivity index (χ4v) is 4.19. The normalized spacial score (nSPS) is 11.6. The van der Waals surface area contributed by atoms with E-state index < -0.39 is 14.9 Å². The highest BCUT2D eigenvalue weighted by Gasteiger charge is 2.19. The molecule has 8 heteroatoms. The van der Waals surface area contributed by atoms with E-state index in [2.05, 4.69) is 4.98 Å². The smallest absolute Gasteiger partial charge is 0.258 e. The van der Waals surface area contributed by atoms with Crippen LogP contribution < -0.4 is 0 Å². The van der Waals surface area contributed by atoms with Crippen LogP contribution in [-0.2, 0) is 10.0 Å². The predicted molar refractivity (Wildman–Crippen MR) is 101 cm³/mol. The summed E-state index contributed by atoms with van der Waals surface area (Å²) in [5.41, 5.74) is 2.29. The van der Waals surface area contributed by atoms with Crippen LogP contribution in [0.1, 0.15) is 0 Å². The third-order valence-electron chi connectivity index (χ3n) is 4.18. The summed E-state index contributed by atoms with van der Waals surface area (Å²) in [4.78, 5) is 15.0. The van der Waals surface area contributed by atoms with E-state index in [1.807, 2.05) is 0 Å². The number of nitro benzene ring substituents is 1. The molecule has 134 valence electrons. The molecule has 0 radical (unpaired) electrons. The summed E-state index contributed by atoms with van der Waals surface area (Å²) >= 11 is 0. The Morgan fingerprint density at radius 2 is 1.59 bits per heavy atom. The molecule has 0 unspecified atom stereocenters. The minimum atomic E-state index is -3.71. The van der Waals surface area contributed by atoms with Gasteiger partial charge in [0, 0.05) is 23.9 Å². The molecular formula is C19H13N3O4S. The van der Waals surface area contributed by atoms with E-state index in [1.54, 1.807) is 60.7 Å². The van der Waals surface area contributed by atoms with Crippen molar-refractivity contribution in [3.8, 4) is 11.3 Å². The van der Waals surface area contributed by atoms with Gasteiger partial charge in [0.25, 0.3) is 15.7 Å². The first-order valence-electron chi connectivity index (χ1n) is 8.00. The van der Waals surface area contributed by atoms with Crippen molar-refractivity contribution in [2.45, 2.75) is 4.90 Å². The standard InChI is InChI=1S/C19H13N3O4S/c23-22(24)15-8-6-14(7-9-15)17-10-11-19-18(20-17)12-13-21(19)27(25,26)16-4-2-1-3-5-16/h1-13H. The summed E-state index contributed by atoms with van der Waals surface area (Å²) in [6, 6.07) is 19.2. The Kier molecular flexibility index (Phi) is 3.97. The van der Waals surface area contributed by atoms with Crippen LogP contribution in [0.15, 0.2) is 83.9 Å². The zero-order chi connectivity index (χ0) is 19.0. The number of nitrogens with zero attached hydrogens (tertiary/aromatic N) is 3. The Morgan fingerprint density at radius 1 is 0.889 bits per heavy atom. The summed E-state index contributed by atoms with van der Waals surface area (Å²) in [5.74, 6) is 0. The number of rotatable bonds is 4. The molecule has 0 fully saturated rings. The average Bonchev–Trinajstić information content (AvgIpc) is 3.13. The summed E-state index contributed by atoms with van der Waals surface area (Å²) < 4.78 is 26.9. The monoisotopic (exact) mass is 379 g/mol. The SMILES string of the molecule is O=[N+]([O-])c1ccc(-c2ccc3c(ccn3S(=O)(=O)c3ccccc3)n2)cc1. The molecule has 0 atom stereocenters. The maximum Gasteiger partial charge on any atom is 0.269 e. The Morgan fingerprint density at radius 3 is 2.26 bits per heavy atom. The molecule has 7 nitrogen and oxygen atoms in total. The maximum absolute atomic E-state index is 12.8. The molecule has 4 rings (SSSR count). The lowest BCUT2D eigenvalue weighted by atomic mass is 10.1. The van der Waals surface area contributed by atoms with Crippen LogP contribution in [0.5, 0.6) is 0 Å². The molecule has 4 aromatic rings. The van der Waals surface area contributed by atoms with Crippen molar-refractivity contribution in [2.24, 2.45) is 0 Å². The topological polar surface area (TPSA) is 95.1 Å². The molecule has 0 spiro atoms. The lowest BCUT2D eigenvalue weighted by molar-refractivity contribution is -0.384. The van der Waals surface area contributed by atoms with E-state index in [9.17, 15) is 18.5 Å². The van der Waals surface area contributed by atoms with Crippen molar-refractivity contribution in [3.05, 3.63) is 89.1 Å². The Labute approximate surface area is 154 Å². The number of fused-ring (bicyclic) bond motifs is 1. The van der Waals surface area contributed by atoms with Gasteiger partial charge >= 0.3 is 0 Å². The van der Waals surface area contributed by atoms with Gasteiger partial charge in [-0.2, -0.15) is 0 Å². The number of non-ortho nitro benzene ring substituents is 1. The highest BCUT2D eigenvalue weighted by atomic mass is 32.2. The molecule has 0 bridgehead atoms. The summed E-state index contributed by atoms with van der Waals surface area (Å²) in [6.45, 7) is 0. The van der Waals surface area contributed by atoms with Gasteiger partial charge in [0.2, 0.25) is 0 Å². The minimum absolute atomic E-state index is 0.0000597. The molecule has 2 heterocycles. The van der Waals surface area contributed by atoms with E-state index in [0.717, 1.165) is 0 Å². The van der Waals surface area contributed by atoms with Gasteiger partial charge in [0.05, 0.1) is 26.5 Å². The zero-order valence-electron chi connectivity index (χ0n) is 13.9. The highest BCUT2D eigenvalue weighted by Crippen LogP contribution is 2.26. The predicted octanol–water partition coefficient (Wildman–Crippen LogP) is 3.85. The molecule has 0 amide bonds. The van der Waals surface area contributed by atoms with E-state index in [1.165, 1.54) is 22.3 Å². The summed E-state index contributed by atoms with van der Waals surface area (Å²) in [7, 11) is -3.71. The average molecular weight is 379 g/mol. The number of aromatic nitrogens is 2. The van der Waals surface area contributed by atoms with Crippen LogP contribution >= 0.6 is 0 Å². The summed E-state index contributed by atoms with van der Waals surface area (Å²) in [6.07, 6.45) is 1.47. The third-order valence-corrected chi connectivity index (χ3v) is 5.89. The molecule has 0 saturated heterocycles. The van der Waals surface area contributed by atoms with Gasteiger partial charge in [0.15, 0.2) is 0 Å². The largest absolute Gasteiger partial charge is 0.269 e. The molecule has 2 aromatic carbocycles. The molecule has 0 N–H and O–H groups in total. The first-order valence-corrected chi connectivity index (χ1v) is 9.44. The van der Waals surface area contributed by atoms with Crippen LogP contribution in [0.2, 0.25) is 0 Å². The van der Waals surface area contributed by atoms with Crippen LogP contribution in [-0.4, -0.2) is 22.3 Å². The molecule has 0 aliphatic rings. The van der Waals surface area contributed by atoms with Crippen molar-refractivity contribution in [2.75, 3.05) is 0 Å². The van der Waals surface area contributed by atoms with Gasteiger partial charge in [-0.3, -0.25) is 10.1 Å². The quantitative estimate of drug-likeness (QED) is 0.396. The van der Waals surface area contributed by atoms with Gasteiger partial charge in [0.1, 0.15) is 0 Å². The first kappa shape index (κ1) is 16.9. The Balaban J connectivity index is 1.77. The lowest BCUT2D eigenvalue weighted by Gasteiger charge is -2.08. The number of pyridine rings is 1. The Hall–Kier alpha value is -3.52. The molecule has 0 saturated carbocycles. The fraction of sp³-hybridized carbons (Fsp3) is 0. The molecule has 2 aromatic heterocycles. The molecule has 27 heavy (non-hydrogen) atoms. The van der Waals surface area contributed by atoms with Crippen molar-refractivity contribution < 1.29 is 13.3 Å². The third kappa shape index (κ3) is 2.96. The first-order chi connectivity index (χ1) is 13.0. The van der Waals surface area contributed by atoms with E-state index in [0.29, 0.717) is 22.3 Å². The number of hydrogen-bond donors (Lipinski definition) is 0. The van der Waals surface area contributed by atoms with Gasteiger partial charge in [-0.25, -0.2) is 17.4 Å². The Bertz CT molecular complexity index is 1250. The van der Waals surface area contributed by atoms with Crippen molar-refractivity contribution in [1.29, 1.82) is 0 Å². The second kappa shape index (κ2) is 6.33. The fourth-order valence-electron chi connectivity index (χ4n) is 2.83. The van der Waals surface area contributed by atoms with Crippen molar-refractivity contribution in [3.63, 3.8) is 0 Å². The van der Waals surface area contributed by atoms with Gasteiger partial charge in [-0.1, -0.05) is 18.2 Å². The van der Waals surface area contributed by atoms with Gasteiger partial charge in [-0.05, 0) is 42.5 Å². The minimum Gasteiger partial charge on any atom is -0.258 e. The van der Waals surface area contributed by atoms with Crippen molar-refractivity contribution >= 4 is 26.7 Å². The van der Waals surface area contributed by atoms with E-state index in [4.69, 9.17) is 0 Å². The van der Waals surface area contributed by atoms with Gasteiger partial charge in [-0.15, -0.1) is 0 Å². The van der Waals surface area contributed by atoms with E-state index in [-0.39, 0.29) is 10.6 Å². The number of nitro groups is 1. The van der Waals surface area contributed by atoms with E-state index >= 15 is 0 Å². The second-order valence-corrected chi connectivity index (χ2v) is 7.65.